The van der Waals surface area contributed by atoms with Crippen LogP contribution in [0.4, 0.5) is 0 Å². The molecule has 1 atom stereocenters. The number of sulfonamides is 1. The maximum absolute atomic E-state index is 12.2. The molecule has 1 N–H and O–H groups in total. The molecule has 110 valence electrons. The van der Waals surface area contributed by atoms with Gasteiger partial charge in [0.25, 0.3) is 5.91 Å². The molecule has 0 radical (unpaired) electrons. The van der Waals surface area contributed by atoms with Crippen molar-refractivity contribution < 1.29 is 13.2 Å². The topological polar surface area (TPSA) is 66.5 Å². The fourth-order valence-electron chi connectivity index (χ4n) is 2.27. The van der Waals surface area contributed by atoms with Gasteiger partial charge < -0.3 is 4.90 Å². The Morgan fingerprint density at radius 1 is 1.60 bits per heavy atom. The summed E-state index contributed by atoms with van der Waals surface area (Å²) in [6, 6.07) is 3.68. The first kappa shape index (κ1) is 15.2. The van der Waals surface area contributed by atoms with Crippen molar-refractivity contribution in [2.45, 2.75) is 12.8 Å². The van der Waals surface area contributed by atoms with Crippen LogP contribution in [0, 0.1) is 5.92 Å². The highest BCUT2D eigenvalue weighted by Crippen LogP contribution is 2.20. The zero-order valence-electron chi connectivity index (χ0n) is 11.1. The van der Waals surface area contributed by atoms with Gasteiger partial charge in [0.2, 0.25) is 10.0 Å². The first-order chi connectivity index (χ1) is 9.52. The molecule has 1 aromatic heterocycles. The number of rotatable bonds is 5. The zero-order chi connectivity index (χ0) is 14.6. The maximum atomic E-state index is 12.2. The van der Waals surface area contributed by atoms with Crippen molar-refractivity contribution in [1.82, 2.24) is 9.62 Å². The predicted octanol–water partition coefficient (Wildman–Crippen LogP) is 1.66. The molecule has 1 aliphatic heterocycles. The van der Waals surface area contributed by atoms with Crippen molar-refractivity contribution in [2.24, 2.45) is 5.92 Å². The Labute approximate surface area is 123 Å². The molecular formula is C13H18N2O3S2. The van der Waals surface area contributed by atoms with Gasteiger partial charge in [0.05, 0.1) is 4.88 Å². The predicted molar refractivity (Wildman–Crippen MR) is 80.1 cm³/mol. The van der Waals surface area contributed by atoms with Gasteiger partial charge in [0.15, 0.2) is 0 Å². The smallest absolute Gasteiger partial charge is 0.263 e. The van der Waals surface area contributed by atoms with Crippen LogP contribution in [-0.2, 0) is 10.0 Å². The van der Waals surface area contributed by atoms with E-state index in [1.807, 2.05) is 22.4 Å². The number of piperidine rings is 1. The highest BCUT2D eigenvalue weighted by molar-refractivity contribution is 7.92. The van der Waals surface area contributed by atoms with Crippen molar-refractivity contribution in [2.75, 3.05) is 19.6 Å². The third-order valence-corrected chi connectivity index (χ3v) is 5.20. The Hall–Kier alpha value is -1.18. The van der Waals surface area contributed by atoms with Gasteiger partial charge in [0.1, 0.15) is 0 Å². The summed E-state index contributed by atoms with van der Waals surface area (Å²) in [4.78, 5) is 14.8. The van der Waals surface area contributed by atoms with Crippen molar-refractivity contribution in [3.63, 3.8) is 0 Å². The third-order valence-electron chi connectivity index (χ3n) is 3.33. The Balaban J connectivity index is 1.92. The summed E-state index contributed by atoms with van der Waals surface area (Å²) in [5.74, 6) is 0.193. The van der Waals surface area contributed by atoms with E-state index in [-0.39, 0.29) is 11.8 Å². The van der Waals surface area contributed by atoms with E-state index in [1.165, 1.54) is 11.3 Å². The molecule has 1 amide bonds. The van der Waals surface area contributed by atoms with E-state index in [0.717, 1.165) is 29.7 Å². The van der Waals surface area contributed by atoms with Gasteiger partial charge in [-0.2, -0.15) is 0 Å². The molecule has 0 spiro atoms. The van der Waals surface area contributed by atoms with E-state index in [0.29, 0.717) is 13.1 Å². The van der Waals surface area contributed by atoms with Crippen LogP contribution in [0.5, 0.6) is 0 Å². The number of likely N-dealkylation sites (tertiary alicyclic amines) is 1. The fraction of sp³-hybridized carbons (Fsp3) is 0.462. The molecule has 0 bridgehead atoms. The number of thiophene rings is 1. The molecule has 2 heterocycles. The second-order valence-electron chi connectivity index (χ2n) is 4.80. The molecular weight excluding hydrogens is 296 g/mol. The largest absolute Gasteiger partial charge is 0.338 e. The van der Waals surface area contributed by atoms with Crippen LogP contribution in [-0.4, -0.2) is 38.9 Å². The summed E-state index contributed by atoms with van der Waals surface area (Å²) in [5, 5.41) is 2.79. The Morgan fingerprint density at radius 3 is 3.05 bits per heavy atom. The van der Waals surface area contributed by atoms with Crippen LogP contribution in [0.25, 0.3) is 0 Å². The van der Waals surface area contributed by atoms with Gasteiger partial charge in [-0.05, 0) is 30.2 Å². The highest BCUT2D eigenvalue weighted by atomic mass is 32.2. The molecule has 0 saturated carbocycles. The lowest BCUT2D eigenvalue weighted by Gasteiger charge is -2.32. The third kappa shape index (κ3) is 3.91. The van der Waals surface area contributed by atoms with Gasteiger partial charge in [-0.15, -0.1) is 11.3 Å². The average Bonchev–Trinajstić information content (AvgIpc) is 2.99. The van der Waals surface area contributed by atoms with Crippen molar-refractivity contribution in [1.29, 1.82) is 0 Å². The number of nitrogens with zero attached hydrogens (tertiary/aromatic N) is 1. The molecule has 0 unspecified atom stereocenters. The van der Waals surface area contributed by atoms with Gasteiger partial charge >= 0.3 is 0 Å². The van der Waals surface area contributed by atoms with E-state index in [2.05, 4.69) is 11.3 Å². The van der Waals surface area contributed by atoms with E-state index < -0.39 is 10.0 Å². The first-order valence-electron chi connectivity index (χ1n) is 6.47. The lowest BCUT2D eigenvalue weighted by atomic mass is 9.98. The minimum Gasteiger partial charge on any atom is -0.338 e. The monoisotopic (exact) mass is 314 g/mol. The summed E-state index contributed by atoms with van der Waals surface area (Å²) in [5.41, 5.74) is 0. The van der Waals surface area contributed by atoms with E-state index in [9.17, 15) is 13.2 Å². The summed E-state index contributed by atoms with van der Waals surface area (Å²) < 4.78 is 25.2. The number of hydrogen-bond donors (Lipinski definition) is 1. The molecule has 1 aromatic rings. The van der Waals surface area contributed by atoms with E-state index >= 15 is 0 Å². The average molecular weight is 314 g/mol. The molecule has 1 saturated heterocycles. The number of nitrogens with one attached hydrogen (secondary N) is 1. The van der Waals surface area contributed by atoms with Crippen LogP contribution in [0.15, 0.2) is 29.5 Å². The number of hydrogen-bond acceptors (Lipinski definition) is 4. The summed E-state index contributed by atoms with van der Waals surface area (Å²) >= 11 is 1.43. The Kier molecular flexibility index (Phi) is 4.95. The minimum atomic E-state index is -3.39. The zero-order valence-corrected chi connectivity index (χ0v) is 12.8. The molecule has 5 nitrogen and oxygen atoms in total. The normalized spacial score (nSPS) is 19.8. The first-order valence-corrected chi connectivity index (χ1v) is 8.89. The summed E-state index contributed by atoms with van der Waals surface area (Å²) in [6.07, 6.45) is 1.82. The standard InChI is InChI=1S/C13H18N2O3S2/c1-2-20(17,18)14-9-11-5-3-7-15(10-11)13(16)12-6-4-8-19-12/h2,4,6,8,11,14H,1,3,5,7,9-10H2/t11-/m1/s1. The van der Waals surface area contributed by atoms with Crippen LogP contribution in [0.1, 0.15) is 22.5 Å². The fourth-order valence-corrected chi connectivity index (χ4v) is 3.54. The van der Waals surface area contributed by atoms with Crippen LogP contribution in [0.3, 0.4) is 0 Å². The molecule has 1 fully saturated rings. The molecule has 2 rings (SSSR count). The summed E-state index contributed by atoms with van der Waals surface area (Å²) in [6.45, 7) is 4.94. The molecule has 7 heteroatoms. The van der Waals surface area contributed by atoms with Gasteiger partial charge in [-0.25, -0.2) is 13.1 Å². The number of carbonyl (C=O) groups excluding carboxylic acids is 1. The number of amides is 1. The van der Waals surface area contributed by atoms with Crippen LogP contribution in [0.2, 0.25) is 0 Å². The lowest BCUT2D eigenvalue weighted by Crippen LogP contribution is -2.43. The maximum Gasteiger partial charge on any atom is 0.263 e. The van der Waals surface area contributed by atoms with Crippen LogP contribution < -0.4 is 4.72 Å². The highest BCUT2D eigenvalue weighted by Gasteiger charge is 2.25. The molecule has 20 heavy (non-hydrogen) atoms. The van der Waals surface area contributed by atoms with Gasteiger partial charge in [-0.1, -0.05) is 12.6 Å². The number of carbonyl (C=O) groups is 1. The van der Waals surface area contributed by atoms with E-state index in [4.69, 9.17) is 0 Å². The lowest BCUT2D eigenvalue weighted by molar-refractivity contribution is 0.0681. The minimum absolute atomic E-state index is 0.0382. The van der Waals surface area contributed by atoms with E-state index in [1.54, 1.807) is 0 Å². The van der Waals surface area contributed by atoms with Gasteiger partial charge in [0, 0.05) is 25.0 Å². The second-order valence-corrected chi connectivity index (χ2v) is 7.46. The van der Waals surface area contributed by atoms with Gasteiger partial charge in [-0.3, -0.25) is 4.79 Å². The Bertz CT molecular complexity index is 566. The molecule has 1 aliphatic rings. The van der Waals surface area contributed by atoms with Crippen molar-refractivity contribution in [3.8, 4) is 0 Å². The van der Waals surface area contributed by atoms with Crippen molar-refractivity contribution in [3.05, 3.63) is 34.4 Å². The summed E-state index contributed by atoms with van der Waals surface area (Å²) in [7, 11) is -3.39. The molecule has 0 aromatic carbocycles. The van der Waals surface area contributed by atoms with Crippen molar-refractivity contribution >= 4 is 27.3 Å². The van der Waals surface area contributed by atoms with Crippen LogP contribution >= 0.6 is 11.3 Å². The molecule has 0 aliphatic carbocycles. The SMILES string of the molecule is C=CS(=O)(=O)NC[C@H]1CCCN(C(=O)c2cccs2)C1. The quantitative estimate of drug-likeness (QED) is 0.899. The Morgan fingerprint density at radius 2 is 2.40 bits per heavy atom. The second kappa shape index (κ2) is 6.51.